The molecule has 0 spiro atoms. The van der Waals surface area contributed by atoms with Crippen molar-refractivity contribution in [3.8, 4) is 0 Å². The molecule has 1 N–H and O–H groups in total. The Balaban J connectivity index is 2.19. The van der Waals surface area contributed by atoms with E-state index in [1.807, 2.05) is 12.1 Å². The fourth-order valence-corrected chi connectivity index (χ4v) is 2.08. The SMILES string of the molecule is O=C(c1ccoc1)c1c[nH]c2c(Cl)cccc12. The number of fused-ring (bicyclic) bond motifs is 1. The first-order chi connectivity index (χ1) is 8.27. The maximum absolute atomic E-state index is 12.2. The van der Waals surface area contributed by atoms with Crippen LogP contribution in [0, 0.1) is 0 Å². The number of aromatic amines is 1. The van der Waals surface area contributed by atoms with Crippen molar-refractivity contribution in [2.45, 2.75) is 0 Å². The Morgan fingerprint density at radius 2 is 2.18 bits per heavy atom. The van der Waals surface area contributed by atoms with Crippen LogP contribution in [0.15, 0.2) is 47.4 Å². The van der Waals surface area contributed by atoms with Crippen LogP contribution in [0.1, 0.15) is 15.9 Å². The van der Waals surface area contributed by atoms with E-state index in [1.165, 1.54) is 12.5 Å². The molecule has 0 atom stereocenters. The average molecular weight is 246 g/mol. The molecule has 0 aliphatic heterocycles. The first kappa shape index (κ1) is 10.2. The number of hydrogen-bond acceptors (Lipinski definition) is 2. The van der Waals surface area contributed by atoms with Crippen LogP contribution < -0.4 is 0 Å². The number of para-hydroxylation sites is 1. The lowest BCUT2D eigenvalue weighted by Gasteiger charge is -1.96. The Morgan fingerprint density at radius 1 is 1.29 bits per heavy atom. The Morgan fingerprint density at radius 3 is 2.94 bits per heavy atom. The van der Waals surface area contributed by atoms with Gasteiger partial charge < -0.3 is 9.40 Å². The summed E-state index contributed by atoms with van der Waals surface area (Å²) in [6.45, 7) is 0. The summed E-state index contributed by atoms with van der Waals surface area (Å²) in [7, 11) is 0. The van der Waals surface area contributed by atoms with Crippen LogP contribution in [0.5, 0.6) is 0 Å². The van der Waals surface area contributed by atoms with E-state index in [0.717, 1.165) is 10.9 Å². The van der Waals surface area contributed by atoms with Gasteiger partial charge in [0.05, 0.1) is 22.4 Å². The topological polar surface area (TPSA) is 46.0 Å². The normalized spacial score (nSPS) is 10.9. The van der Waals surface area contributed by atoms with Gasteiger partial charge in [0.1, 0.15) is 6.26 Å². The molecule has 0 unspecified atom stereocenters. The lowest BCUT2D eigenvalue weighted by atomic mass is 10.1. The molecule has 0 amide bonds. The van der Waals surface area contributed by atoms with Gasteiger partial charge in [-0.2, -0.15) is 0 Å². The van der Waals surface area contributed by atoms with Crippen LogP contribution in [0.25, 0.3) is 10.9 Å². The van der Waals surface area contributed by atoms with E-state index < -0.39 is 0 Å². The van der Waals surface area contributed by atoms with Gasteiger partial charge in [0, 0.05) is 17.1 Å². The molecular formula is C13H8ClNO2. The third-order valence-electron chi connectivity index (χ3n) is 2.69. The standard InChI is InChI=1S/C13H8ClNO2/c14-11-3-1-2-9-10(6-15-12(9)11)13(16)8-4-5-17-7-8/h1-7,15H. The zero-order chi connectivity index (χ0) is 11.8. The minimum absolute atomic E-state index is 0.0766. The second kappa shape index (κ2) is 3.79. The smallest absolute Gasteiger partial charge is 0.198 e. The Bertz CT molecular complexity index is 683. The van der Waals surface area contributed by atoms with Crippen molar-refractivity contribution in [2.75, 3.05) is 0 Å². The molecule has 0 aliphatic rings. The molecule has 0 aliphatic carbocycles. The first-order valence-corrected chi connectivity index (χ1v) is 5.47. The van der Waals surface area contributed by atoms with Gasteiger partial charge in [0.15, 0.2) is 5.78 Å². The summed E-state index contributed by atoms with van der Waals surface area (Å²) in [5, 5.41) is 1.43. The Labute approximate surface area is 102 Å². The van der Waals surface area contributed by atoms with Crippen molar-refractivity contribution in [3.05, 3.63) is 59.1 Å². The second-order valence-electron chi connectivity index (χ2n) is 3.71. The lowest BCUT2D eigenvalue weighted by molar-refractivity contribution is 0.103. The number of halogens is 1. The van der Waals surface area contributed by atoms with Crippen molar-refractivity contribution < 1.29 is 9.21 Å². The van der Waals surface area contributed by atoms with E-state index in [-0.39, 0.29) is 5.78 Å². The molecule has 0 fully saturated rings. The van der Waals surface area contributed by atoms with E-state index in [0.29, 0.717) is 16.1 Å². The van der Waals surface area contributed by atoms with Crippen LogP contribution in [0.2, 0.25) is 5.02 Å². The van der Waals surface area contributed by atoms with Crippen LogP contribution in [-0.2, 0) is 0 Å². The van der Waals surface area contributed by atoms with Gasteiger partial charge in [-0.05, 0) is 12.1 Å². The Kier molecular flexibility index (Phi) is 2.27. The molecule has 3 nitrogen and oxygen atoms in total. The highest BCUT2D eigenvalue weighted by atomic mass is 35.5. The molecule has 0 saturated heterocycles. The number of carbonyl (C=O) groups is 1. The number of hydrogen-bond donors (Lipinski definition) is 1. The van der Waals surface area contributed by atoms with E-state index in [9.17, 15) is 4.79 Å². The lowest BCUT2D eigenvalue weighted by Crippen LogP contribution is -1.97. The van der Waals surface area contributed by atoms with E-state index in [2.05, 4.69) is 4.98 Å². The largest absolute Gasteiger partial charge is 0.472 e. The fraction of sp³-hybridized carbons (Fsp3) is 0. The number of carbonyl (C=O) groups excluding carboxylic acids is 1. The summed E-state index contributed by atoms with van der Waals surface area (Å²) in [4.78, 5) is 15.2. The van der Waals surface area contributed by atoms with E-state index in [4.69, 9.17) is 16.0 Å². The quantitative estimate of drug-likeness (QED) is 0.701. The highest BCUT2D eigenvalue weighted by molar-refractivity contribution is 6.35. The van der Waals surface area contributed by atoms with Gasteiger partial charge in [-0.1, -0.05) is 23.7 Å². The molecule has 0 bridgehead atoms. The zero-order valence-electron chi connectivity index (χ0n) is 8.74. The van der Waals surface area contributed by atoms with Crippen molar-refractivity contribution in [3.63, 3.8) is 0 Å². The number of rotatable bonds is 2. The van der Waals surface area contributed by atoms with Crippen molar-refractivity contribution in [1.82, 2.24) is 4.98 Å². The minimum atomic E-state index is -0.0766. The summed E-state index contributed by atoms with van der Waals surface area (Å²) >= 11 is 6.04. The summed E-state index contributed by atoms with van der Waals surface area (Å²) in [5.41, 5.74) is 1.91. The summed E-state index contributed by atoms with van der Waals surface area (Å²) in [6.07, 6.45) is 4.59. The molecule has 2 aromatic heterocycles. The van der Waals surface area contributed by atoms with Gasteiger partial charge in [0.25, 0.3) is 0 Å². The van der Waals surface area contributed by atoms with Gasteiger partial charge >= 0.3 is 0 Å². The monoisotopic (exact) mass is 245 g/mol. The predicted molar refractivity (Wildman–Crippen MR) is 65.4 cm³/mol. The number of furan rings is 1. The van der Waals surface area contributed by atoms with Crippen LogP contribution in [0.4, 0.5) is 0 Å². The van der Waals surface area contributed by atoms with Crippen molar-refractivity contribution in [1.29, 1.82) is 0 Å². The summed E-state index contributed by atoms with van der Waals surface area (Å²) < 4.78 is 4.91. The second-order valence-corrected chi connectivity index (χ2v) is 4.11. The number of ketones is 1. The number of nitrogens with one attached hydrogen (secondary N) is 1. The molecule has 1 aromatic carbocycles. The molecule has 4 heteroatoms. The number of aromatic nitrogens is 1. The maximum atomic E-state index is 12.2. The van der Waals surface area contributed by atoms with Gasteiger partial charge in [-0.15, -0.1) is 0 Å². The summed E-state index contributed by atoms with van der Waals surface area (Å²) in [6, 6.07) is 7.12. The molecular weight excluding hydrogens is 238 g/mol. The van der Waals surface area contributed by atoms with Crippen molar-refractivity contribution in [2.24, 2.45) is 0 Å². The average Bonchev–Trinajstić information content (AvgIpc) is 2.98. The third-order valence-corrected chi connectivity index (χ3v) is 3.01. The highest BCUT2D eigenvalue weighted by Crippen LogP contribution is 2.26. The highest BCUT2D eigenvalue weighted by Gasteiger charge is 2.15. The summed E-state index contributed by atoms with van der Waals surface area (Å²) in [5.74, 6) is -0.0766. The first-order valence-electron chi connectivity index (χ1n) is 5.10. The fourth-order valence-electron chi connectivity index (χ4n) is 1.85. The third kappa shape index (κ3) is 1.56. The number of benzene rings is 1. The zero-order valence-corrected chi connectivity index (χ0v) is 9.49. The Hall–Kier alpha value is -2.00. The molecule has 84 valence electrons. The molecule has 3 aromatic rings. The molecule has 3 rings (SSSR count). The molecule has 0 saturated carbocycles. The van der Waals surface area contributed by atoms with E-state index >= 15 is 0 Å². The van der Waals surface area contributed by atoms with Crippen LogP contribution in [-0.4, -0.2) is 10.8 Å². The molecule has 17 heavy (non-hydrogen) atoms. The van der Waals surface area contributed by atoms with Gasteiger partial charge in [-0.25, -0.2) is 0 Å². The van der Waals surface area contributed by atoms with Crippen LogP contribution >= 0.6 is 11.6 Å². The van der Waals surface area contributed by atoms with Gasteiger partial charge in [-0.3, -0.25) is 4.79 Å². The molecule has 0 radical (unpaired) electrons. The van der Waals surface area contributed by atoms with Crippen molar-refractivity contribution >= 4 is 28.3 Å². The predicted octanol–water partition coefficient (Wildman–Crippen LogP) is 3.65. The van der Waals surface area contributed by atoms with Gasteiger partial charge in [0.2, 0.25) is 0 Å². The maximum Gasteiger partial charge on any atom is 0.198 e. The van der Waals surface area contributed by atoms with Crippen LogP contribution in [0.3, 0.4) is 0 Å². The minimum Gasteiger partial charge on any atom is -0.472 e. The molecule has 2 heterocycles. The van der Waals surface area contributed by atoms with E-state index in [1.54, 1.807) is 18.3 Å². The number of H-pyrrole nitrogens is 1.